The molecule has 0 bridgehead atoms. The van der Waals surface area contributed by atoms with Gasteiger partial charge in [-0.1, -0.05) is 5.16 Å². The Bertz CT molecular complexity index is 1230. The molecule has 2 fully saturated rings. The number of halogens is 1. The van der Waals surface area contributed by atoms with Gasteiger partial charge in [0, 0.05) is 36.5 Å². The molecule has 5 heterocycles. The largest absolute Gasteiger partial charge is 0.481 e. The summed E-state index contributed by atoms with van der Waals surface area (Å²) in [5.74, 6) is 1.93. The van der Waals surface area contributed by atoms with Gasteiger partial charge in [0.1, 0.15) is 17.9 Å². The molecular formula is C23H25FN8O2. The highest BCUT2D eigenvalue weighted by Gasteiger charge is 2.38. The molecule has 0 aromatic carbocycles. The van der Waals surface area contributed by atoms with Crippen molar-refractivity contribution in [2.75, 3.05) is 19.0 Å². The van der Waals surface area contributed by atoms with E-state index in [2.05, 4.69) is 35.7 Å². The third kappa shape index (κ3) is 3.81. The Hall–Kier alpha value is -3.73. The van der Waals surface area contributed by atoms with Crippen LogP contribution in [0, 0.1) is 0 Å². The number of aromatic amines is 1. The number of pyridine rings is 1. The number of ether oxygens (including phenoxy) is 1. The molecule has 6 rings (SSSR count). The second kappa shape index (κ2) is 8.56. The minimum Gasteiger partial charge on any atom is -0.481 e. The summed E-state index contributed by atoms with van der Waals surface area (Å²) >= 11 is 0. The summed E-state index contributed by atoms with van der Waals surface area (Å²) in [6, 6.07) is 7.45. The van der Waals surface area contributed by atoms with Crippen molar-refractivity contribution in [3.63, 3.8) is 0 Å². The number of anilines is 1. The van der Waals surface area contributed by atoms with E-state index in [0.717, 1.165) is 43.5 Å². The minimum absolute atomic E-state index is 0.119. The molecule has 11 heteroatoms. The van der Waals surface area contributed by atoms with Gasteiger partial charge in [-0.3, -0.25) is 10.1 Å². The number of hydrogen-bond acceptors (Lipinski definition) is 9. The van der Waals surface area contributed by atoms with Crippen LogP contribution in [-0.4, -0.2) is 56.5 Å². The second-order valence-corrected chi connectivity index (χ2v) is 8.68. The lowest BCUT2D eigenvalue weighted by Crippen LogP contribution is -2.52. The van der Waals surface area contributed by atoms with E-state index in [-0.39, 0.29) is 11.9 Å². The van der Waals surface area contributed by atoms with Crippen LogP contribution >= 0.6 is 0 Å². The van der Waals surface area contributed by atoms with Gasteiger partial charge in [-0.15, -0.1) is 0 Å². The summed E-state index contributed by atoms with van der Waals surface area (Å²) < 4.78 is 26.1. The molecule has 0 radical (unpaired) electrons. The summed E-state index contributed by atoms with van der Waals surface area (Å²) in [5.41, 5.74) is 2.48. The molecule has 176 valence electrons. The van der Waals surface area contributed by atoms with Crippen molar-refractivity contribution in [1.29, 1.82) is 0 Å². The molecule has 3 aliphatic rings. The number of aromatic nitrogens is 4. The molecule has 0 spiro atoms. The fraction of sp³-hybridized carbons (Fsp3) is 0.391. The second-order valence-electron chi connectivity index (χ2n) is 8.68. The van der Waals surface area contributed by atoms with Crippen molar-refractivity contribution >= 4 is 12.2 Å². The average Bonchev–Trinajstić information content (AvgIpc) is 3.25. The van der Waals surface area contributed by atoms with Crippen molar-refractivity contribution in [2.24, 2.45) is 4.99 Å². The molecule has 0 amide bonds. The van der Waals surface area contributed by atoms with Crippen LogP contribution in [0.3, 0.4) is 0 Å². The van der Waals surface area contributed by atoms with Crippen LogP contribution in [0.2, 0.25) is 0 Å². The predicted octanol–water partition coefficient (Wildman–Crippen LogP) is 3.99. The first-order valence-corrected chi connectivity index (χ1v) is 11.4. The first kappa shape index (κ1) is 20.8. The van der Waals surface area contributed by atoms with Gasteiger partial charge >= 0.3 is 0 Å². The van der Waals surface area contributed by atoms with E-state index in [1.807, 2.05) is 24.3 Å². The summed E-state index contributed by atoms with van der Waals surface area (Å²) in [4.78, 5) is 8.34. The van der Waals surface area contributed by atoms with Gasteiger partial charge < -0.3 is 14.6 Å². The van der Waals surface area contributed by atoms with Crippen molar-refractivity contribution < 1.29 is 13.7 Å². The zero-order valence-electron chi connectivity index (χ0n) is 18.7. The molecule has 10 nitrogen and oxygen atoms in total. The molecule has 3 aromatic rings. The first-order valence-electron chi connectivity index (χ1n) is 11.4. The number of rotatable bonds is 7. The summed E-state index contributed by atoms with van der Waals surface area (Å²) in [5, 5.41) is 18.7. The van der Waals surface area contributed by atoms with Crippen LogP contribution < -0.4 is 10.1 Å². The summed E-state index contributed by atoms with van der Waals surface area (Å²) in [6.07, 6.45) is 7.87. The summed E-state index contributed by atoms with van der Waals surface area (Å²) in [6.45, 7) is 0.724. The van der Waals surface area contributed by atoms with Crippen LogP contribution in [0.1, 0.15) is 49.1 Å². The van der Waals surface area contributed by atoms with Gasteiger partial charge in [0.15, 0.2) is 17.8 Å². The topological polar surface area (TPSA) is 108 Å². The predicted molar refractivity (Wildman–Crippen MR) is 122 cm³/mol. The van der Waals surface area contributed by atoms with Crippen LogP contribution in [0.4, 0.5) is 10.2 Å². The number of nitrogens with zero attached hydrogens (tertiary/aromatic N) is 6. The molecule has 1 saturated carbocycles. The van der Waals surface area contributed by atoms with E-state index < -0.39 is 6.17 Å². The van der Waals surface area contributed by atoms with Gasteiger partial charge in [-0.05, 0) is 37.8 Å². The Morgan fingerprint density at radius 1 is 1.26 bits per heavy atom. The maximum atomic E-state index is 15.0. The van der Waals surface area contributed by atoms with E-state index in [1.165, 1.54) is 6.20 Å². The van der Waals surface area contributed by atoms with Crippen LogP contribution in [0.25, 0.3) is 11.3 Å². The number of methoxy groups -OCH3 is 1. The van der Waals surface area contributed by atoms with Crippen molar-refractivity contribution in [2.45, 2.75) is 43.8 Å². The molecule has 3 aromatic heterocycles. The fourth-order valence-corrected chi connectivity index (χ4v) is 4.58. The molecule has 2 aliphatic heterocycles. The third-order valence-electron chi connectivity index (χ3n) is 6.43. The summed E-state index contributed by atoms with van der Waals surface area (Å²) in [7, 11) is 1.57. The molecule has 34 heavy (non-hydrogen) atoms. The van der Waals surface area contributed by atoms with Crippen molar-refractivity contribution in [3.05, 3.63) is 53.9 Å². The third-order valence-corrected chi connectivity index (χ3v) is 6.43. The van der Waals surface area contributed by atoms with E-state index in [1.54, 1.807) is 24.7 Å². The van der Waals surface area contributed by atoms with E-state index in [9.17, 15) is 4.39 Å². The maximum absolute atomic E-state index is 15.0. The Morgan fingerprint density at radius 3 is 3.03 bits per heavy atom. The van der Waals surface area contributed by atoms with Gasteiger partial charge in [0.25, 0.3) is 0 Å². The number of hydrazine groups is 1. The average molecular weight is 465 g/mol. The Balaban J connectivity index is 1.25. The normalized spacial score (nSPS) is 22.8. The minimum atomic E-state index is -0.755. The smallest absolute Gasteiger partial charge is 0.222 e. The van der Waals surface area contributed by atoms with Crippen LogP contribution in [0.5, 0.6) is 5.88 Å². The fourth-order valence-electron chi connectivity index (χ4n) is 4.58. The van der Waals surface area contributed by atoms with Gasteiger partial charge in [-0.25, -0.2) is 19.4 Å². The number of hydrogen-bond donors (Lipinski definition) is 2. The Labute approximate surface area is 195 Å². The molecule has 2 N–H and O–H groups in total. The molecule has 1 aliphatic carbocycles. The zero-order chi connectivity index (χ0) is 23.1. The van der Waals surface area contributed by atoms with E-state index in [0.29, 0.717) is 29.1 Å². The van der Waals surface area contributed by atoms with E-state index >= 15 is 0 Å². The van der Waals surface area contributed by atoms with Crippen LogP contribution in [-0.2, 0) is 0 Å². The van der Waals surface area contributed by atoms with Gasteiger partial charge in [0.05, 0.1) is 24.9 Å². The quantitative estimate of drug-likeness (QED) is 0.540. The standard InChI is InChI=1S/C23H25FN8O2/c1-33-23-15(4-2-8-26-23)18-10-20(34-30-18)19-5-3-9-31(19)32-13-25-12-16(24)22(32)27-21-11-17(28-29-21)14-6-7-14/h2,4,8,10-14,19,22H,3,5-7,9H2,1H3,(H2,27,28,29)/t19?,22-/m0/s1. The number of H-pyrrole nitrogens is 1. The van der Waals surface area contributed by atoms with Crippen molar-refractivity contribution in [3.8, 4) is 17.1 Å². The molecule has 2 atom stereocenters. The first-order chi connectivity index (χ1) is 16.7. The highest BCUT2D eigenvalue weighted by molar-refractivity contribution is 5.64. The lowest BCUT2D eigenvalue weighted by molar-refractivity contribution is 0.00157. The Morgan fingerprint density at radius 2 is 2.18 bits per heavy atom. The number of aliphatic imine (C=N–C) groups is 1. The van der Waals surface area contributed by atoms with Gasteiger partial charge in [0.2, 0.25) is 5.88 Å². The molecule has 1 unspecified atom stereocenters. The Kier molecular flexibility index (Phi) is 5.25. The lowest BCUT2D eigenvalue weighted by Gasteiger charge is -2.39. The highest BCUT2D eigenvalue weighted by Crippen LogP contribution is 2.40. The van der Waals surface area contributed by atoms with Crippen molar-refractivity contribution in [1.82, 2.24) is 30.4 Å². The lowest BCUT2D eigenvalue weighted by atomic mass is 10.1. The zero-order valence-corrected chi connectivity index (χ0v) is 18.7. The molecule has 1 saturated heterocycles. The molecular weight excluding hydrogens is 439 g/mol. The van der Waals surface area contributed by atoms with Crippen LogP contribution in [0.15, 0.2) is 52.0 Å². The number of nitrogens with one attached hydrogen (secondary N) is 2. The van der Waals surface area contributed by atoms with E-state index in [4.69, 9.17) is 9.26 Å². The monoisotopic (exact) mass is 464 g/mol. The highest BCUT2D eigenvalue weighted by atomic mass is 19.1. The van der Waals surface area contributed by atoms with Gasteiger partial charge in [-0.2, -0.15) is 5.10 Å². The SMILES string of the molecule is COc1ncccc1-c1cc(C2CCCN2N2C=NC=C(F)[C@H]2Nc2cc(C3CC3)[nH]n2)on1. The maximum Gasteiger partial charge on any atom is 0.222 e.